The molecule has 2 fully saturated rings. The lowest BCUT2D eigenvalue weighted by atomic mass is 9.96. The number of benzene rings is 1. The predicted molar refractivity (Wildman–Crippen MR) is 99.4 cm³/mol. The van der Waals surface area contributed by atoms with E-state index in [0.29, 0.717) is 18.8 Å². The van der Waals surface area contributed by atoms with Gasteiger partial charge in [-0.2, -0.15) is 0 Å². The highest BCUT2D eigenvalue weighted by Crippen LogP contribution is 2.29. The number of ether oxygens (including phenoxy) is 2. The predicted octanol–water partition coefficient (Wildman–Crippen LogP) is 1.62. The highest BCUT2D eigenvalue weighted by Gasteiger charge is 2.37. The molecule has 2 aliphatic heterocycles. The van der Waals surface area contributed by atoms with Gasteiger partial charge in [0.1, 0.15) is 11.6 Å². The fourth-order valence-corrected chi connectivity index (χ4v) is 4.30. The van der Waals surface area contributed by atoms with Gasteiger partial charge in [0.05, 0.1) is 24.9 Å². The Bertz CT molecular complexity index is 661. The summed E-state index contributed by atoms with van der Waals surface area (Å²) in [4.78, 5) is 17.0. The zero-order valence-electron chi connectivity index (χ0n) is 16.2. The van der Waals surface area contributed by atoms with Gasteiger partial charge in [-0.1, -0.05) is 0 Å². The Morgan fingerprint density at radius 2 is 1.89 bits per heavy atom. The van der Waals surface area contributed by atoms with Crippen molar-refractivity contribution in [2.24, 2.45) is 11.8 Å². The lowest BCUT2D eigenvalue weighted by molar-refractivity contribution is -0.0726. The molecule has 150 valence electrons. The molecule has 0 spiro atoms. The van der Waals surface area contributed by atoms with Crippen molar-refractivity contribution in [1.29, 1.82) is 0 Å². The normalized spacial score (nSPS) is 29.1. The fourth-order valence-electron chi connectivity index (χ4n) is 4.30. The van der Waals surface area contributed by atoms with Crippen LogP contribution in [0.4, 0.5) is 4.39 Å². The van der Waals surface area contributed by atoms with Crippen LogP contribution in [0, 0.1) is 17.7 Å². The van der Waals surface area contributed by atoms with Crippen molar-refractivity contribution in [2.75, 3.05) is 46.4 Å². The number of aliphatic hydroxyl groups excluding tert-OH is 1. The van der Waals surface area contributed by atoms with Crippen LogP contribution in [-0.2, 0) is 4.74 Å². The van der Waals surface area contributed by atoms with E-state index in [1.54, 1.807) is 4.90 Å². The number of hydrogen-bond donors (Lipinski definition) is 1. The van der Waals surface area contributed by atoms with Gasteiger partial charge >= 0.3 is 0 Å². The van der Waals surface area contributed by atoms with E-state index < -0.39 is 5.82 Å². The van der Waals surface area contributed by atoms with Crippen molar-refractivity contribution in [3.05, 3.63) is 29.6 Å². The van der Waals surface area contributed by atoms with Gasteiger partial charge in [-0.05, 0) is 38.0 Å². The summed E-state index contributed by atoms with van der Waals surface area (Å²) in [7, 11) is 1.47. The molecule has 27 heavy (non-hydrogen) atoms. The molecule has 1 aromatic rings. The van der Waals surface area contributed by atoms with Gasteiger partial charge in [0, 0.05) is 45.2 Å². The third kappa shape index (κ3) is 4.59. The number of aliphatic hydroxyl groups is 1. The minimum atomic E-state index is -0.468. The molecule has 0 aromatic heterocycles. The lowest BCUT2D eigenvalue weighted by Crippen LogP contribution is -2.48. The van der Waals surface area contributed by atoms with Crippen LogP contribution in [0.2, 0.25) is 0 Å². The zero-order valence-corrected chi connectivity index (χ0v) is 16.2. The smallest absolute Gasteiger partial charge is 0.257 e. The number of carbonyl (C=O) groups is 1. The highest BCUT2D eigenvalue weighted by molar-refractivity contribution is 5.97. The van der Waals surface area contributed by atoms with Gasteiger partial charge in [0.15, 0.2) is 0 Å². The summed E-state index contributed by atoms with van der Waals surface area (Å²) >= 11 is 0. The van der Waals surface area contributed by atoms with E-state index in [1.807, 2.05) is 0 Å². The van der Waals surface area contributed by atoms with Gasteiger partial charge in [0.25, 0.3) is 5.91 Å². The molecule has 0 radical (unpaired) electrons. The van der Waals surface area contributed by atoms with Crippen LogP contribution >= 0.6 is 0 Å². The van der Waals surface area contributed by atoms with Crippen LogP contribution in [0.25, 0.3) is 0 Å². The van der Waals surface area contributed by atoms with E-state index in [0.717, 1.165) is 19.6 Å². The fraction of sp³-hybridized carbons (Fsp3) is 0.650. The van der Waals surface area contributed by atoms with Gasteiger partial charge in [-0.3, -0.25) is 9.69 Å². The zero-order chi connectivity index (χ0) is 19.6. The standard InChI is InChI=1S/C20H29FN2O4/c1-13-7-22(8-14(2)27-13)9-15-10-23(11-16(15)12-24)20(25)18-6-17(21)4-5-19(18)26-3/h4-6,13-16,24H,7-12H2,1-3H3/t13-,14+,15-,16-/m1/s1. The van der Waals surface area contributed by atoms with Gasteiger partial charge < -0.3 is 19.5 Å². The third-order valence-corrected chi connectivity index (χ3v) is 5.48. The van der Waals surface area contributed by atoms with Crippen molar-refractivity contribution in [3.8, 4) is 5.75 Å². The maximum absolute atomic E-state index is 13.6. The molecule has 1 aromatic carbocycles. The molecule has 1 amide bonds. The Morgan fingerprint density at radius 3 is 2.52 bits per heavy atom. The average molecular weight is 380 g/mol. The Labute approximate surface area is 159 Å². The molecule has 2 aliphatic rings. The number of halogens is 1. The molecule has 3 rings (SSSR count). The number of methoxy groups -OCH3 is 1. The lowest BCUT2D eigenvalue weighted by Gasteiger charge is -2.37. The van der Waals surface area contributed by atoms with Crippen LogP contribution in [0.3, 0.4) is 0 Å². The summed E-state index contributed by atoms with van der Waals surface area (Å²) in [5.41, 5.74) is 0.225. The molecule has 2 heterocycles. The van der Waals surface area contributed by atoms with Crippen molar-refractivity contribution in [2.45, 2.75) is 26.1 Å². The van der Waals surface area contributed by atoms with Crippen molar-refractivity contribution >= 4 is 5.91 Å². The quantitative estimate of drug-likeness (QED) is 0.841. The first-order valence-corrected chi connectivity index (χ1v) is 9.52. The summed E-state index contributed by atoms with van der Waals surface area (Å²) < 4.78 is 24.7. The first-order chi connectivity index (χ1) is 12.9. The first-order valence-electron chi connectivity index (χ1n) is 9.52. The van der Waals surface area contributed by atoms with E-state index in [9.17, 15) is 14.3 Å². The Hall–Kier alpha value is -1.70. The maximum atomic E-state index is 13.6. The van der Waals surface area contributed by atoms with Gasteiger partial charge in [0.2, 0.25) is 0 Å². The highest BCUT2D eigenvalue weighted by atomic mass is 19.1. The number of rotatable bonds is 5. The first kappa shape index (κ1) is 20.0. The SMILES string of the molecule is COc1ccc(F)cc1C(=O)N1C[C@@H](CN2C[C@@H](C)O[C@@H](C)C2)[C@@H](CO)C1. The number of nitrogens with zero attached hydrogens (tertiary/aromatic N) is 2. The number of carbonyl (C=O) groups excluding carboxylic acids is 1. The van der Waals surface area contributed by atoms with Crippen LogP contribution in [-0.4, -0.2) is 79.5 Å². The Kier molecular flexibility index (Phi) is 6.34. The third-order valence-electron chi connectivity index (χ3n) is 5.48. The van der Waals surface area contributed by atoms with E-state index >= 15 is 0 Å². The van der Waals surface area contributed by atoms with Gasteiger partial charge in [-0.15, -0.1) is 0 Å². The summed E-state index contributed by atoms with van der Waals surface area (Å²) in [5.74, 6) is -0.167. The van der Waals surface area contributed by atoms with E-state index in [2.05, 4.69) is 18.7 Å². The average Bonchev–Trinajstić information content (AvgIpc) is 3.03. The minimum absolute atomic E-state index is 0.0157. The second-order valence-electron chi connectivity index (χ2n) is 7.73. The van der Waals surface area contributed by atoms with E-state index in [1.165, 1.54) is 25.3 Å². The molecule has 6 nitrogen and oxygen atoms in total. The monoisotopic (exact) mass is 380 g/mol. The largest absolute Gasteiger partial charge is 0.496 e. The summed E-state index contributed by atoms with van der Waals surface area (Å²) in [6.07, 6.45) is 0.356. The van der Waals surface area contributed by atoms with Crippen molar-refractivity contribution in [1.82, 2.24) is 9.80 Å². The van der Waals surface area contributed by atoms with Crippen LogP contribution in [0.15, 0.2) is 18.2 Å². The molecule has 0 aliphatic carbocycles. The van der Waals surface area contributed by atoms with Crippen LogP contribution < -0.4 is 4.74 Å². The van der Waals surface area contributed by atoms with Crippen molar-refractivity contribution in [3.63, 3.8) is 0 Å². The van der Waals surface area contributed by atoms with E-state index in [-0.39, 0.29) is 42.1 Å². The van der Waals surface area contributed by atoms with Crippen molar-refractivity contribution < 1.29 is 23.8 Å². The molecule has 0 bridgehead atoms. The minimum Gasteiger partial charge on any atom is -0.496 e. The summed E-state index contributed by atoms with van der Waals surface area (Å²) in [6.45, 7) is 7.69. The number of hydrogen-bond acceptors (Lipinski definition) is 5. The number of amides is 1. The summed E-state index contributed by atoms with van der Waals surface area (Å²) in [5, 5.41) is 9.82. The topological polar surface area (TPSA) is 62.2 Å². The Morgan fingerprint density at radius 1 is 1.22 bits per heavy atom. The van der Waals surface area contributed by atoms with Crippen LogP contribution in [0.1, 0.15) is 24.2 Å². The molecule has 7 heteroatoms. The van der Waals surface area contributed by atoms with Gasteiger partial charge in [-0.25, -0.2) is 4.39 Å². The van der Waals surface area contributed by atoms with Crippen LogP contribution in [0.5, 0.6) is 5.75 Å². The second kappa shape index (κ2) is 8.54. The van der Waals surface area contributed by atoms with E-state index in [4.69, 9.17) is 9.47 Å². The molecule has 2 saturated heterocycles. The number of likely N-dealkylation sites (tertiary alicyclic amines) is 1. The number of morpholine rings is 1. The Balaban J connectivity index is 1.70. The summed E-state index contributed by atoms with van der Waals surface area (Å²) in [6, 6.07) is 3.96. The molecule has 4 atom stereocenters. The molecule has 1 N–H and O–H groups in total. The molecule has 0 unspecified atom stereocenters. The molecular formula is C20H29FN2O4. The maximum Gasteiger partial charge on any atom is 0.257 e. The second-order valence-corrected chi connectivity index (χ2v) is 7.73. The molecular weight excluding hydrogens is 351 g/mol. The molecule has 0 saturated carbocycles.